The number of furan rings is 1. The maximum atomic E-state index is 11.3. The number of nitrogens with zero attached hydrogens (tertiary/aromatic N) is 3. The molecule has 21 heavy (non-hydrogen) atoms. The molecule has 7 heteroatoms. The second kappa shape index (κ2) is 5.69. The Morgan fingerprint density at radius 3 is 2.62 bits per heavy atom. The van der Waals surface area contributed by atoms with Gasteiger partial charge in [-0.2, -0.15) is 4.98 Å². The van der Waals surface area contributed by atoms with E-state index < -0.39 is 5.91 Å². The lowest BCUT2D eigenvalue weighted by molar-refractivity contribution is 0.0970. The third kappa shape index (κ3) is 3.69. The van der Waals surface area contributed by atoms with E-state index in [9.17, 15) is 4.79 Å². The number of primary amides is 1. The van der Waals surface area contributed by atoms with Gasteiger partial charge in [0, 0.05) is 17.5 Å². The number of carbonyl (C=O) groups excluding carboxylic acids is 1. The largest absolute Gasteiger partial charge is 0.455 e. The van der Waals surface area contributed by atoms with Gasteiger partial charge in [0.1, 0.15) is 5.76 Å². The van der Waals surface area contributed by atoms with Gasteiger partial charge in [-0.3, -0.25) is 9.69 Å². The van der Waals surface area contributed by atoms with Crippen LogP contribution in [0.15, 0.2) is 21.4 Å². The van der Waals surface area contributed by atoms with Crippen molar-refractivity contribution in [1.29, 1.82) is 0 Å². The van der Waals surface area contributed by atoms with Gasteiger partial charge in [-0.1, -0.05) is 25.9 Å². The summed E-state index contributed by atoms with van der Waals surface area (Å²) in [4.78, 5) is 17.3. The fourth-order valence-electron chi connectivity index (χ4n) is 2.15. The zero-order chi connectivity index (χ0) is 15.6. The van der Waals surface area contributed by atoms with Gasteiger partial charge in [-0.25, -0.2) is 0 Å². The smallest absolute Gasteiger partial charge is 0.284 e. The monoisotopic (exact) mass is 292 g/mol. The van der Waals surface area contributed by atoms with Crippen molar-refractivity contribution in [2.75, 3.05) is 7.05 Å². The van der Waals surface area contributed by atoms with Gasteiger partial charge >= 0.3 is 0 Å². The Morgan fingerprint density at radius 1 is 1.38 bits per heavy atom. The molecule has 0 bridgehead atoms. The quantitative estimate of drug-likeness (QED) is 0.900. The summed E-state index contributed by atoms with van der Waals surface area (Å²) < 4.78 is 10.3. The van der Waals surface area contributed by atoms with Crippen LogP contribution in [0.1, 0.15) is 48.5 Å². The number of nitrogens with two attached hydrogens (primary N) is 1. The maximum absolute atomic E-state index is 11.3. The highest BCUT2D eigenvalue weighted by molar-refractivity contribution is 5.90. The van der Waals surface area contributed by atoms with Crippen LogP contribution in [-0.4, -0.2) is 28.0 Å². The molecule has 0 saturated heterocycles. The van der Waals surface area contributed by atoms with E-state index in [1.165, 1.54) is 6.39 Å². The molecule has 0 aliphatic heterocycles. The highest BCUT2D eigenvalue weighted by Crippen LogP contribution is 2.29. The van der Waals surface area contributed by atoms with Crippen LogP contribution >= 0.6 is 0 Å². The lowest BCUT2D eigenvalue weighted by Gasteiger charge is -2.20. The number of hydrogen-bond donors (Lipinski definition) is 1. The van der Waals surface area contributed by atoms with Crippen LogP contribution in [-0.2, 0) is 18.5 Å². The molecule has 2 heterocycles. The summed E-state index contributed by atoms with van der Waals surface area (Å²) in [7, 11) is 1.93. The fraction of sp³-hybridized carbons (Fsp3) is 0.500. The lowest BCUT2D eigenvalue weighted by atomic mass is 9.90. The minimum absolute atomic E-state index is 0.183. The van der Waals surface area contributed by atoms with E-state index in [1.807, 2.05) is 32.7 Å². The SMILES string of the molecule is CN(Cc1ncon1)Cc1cc(C(N)=O)oc1C(C)(C)C. The van der Waals surface area contributed by atoms with Crippen LogP contribution in [0.2, 0.25) is 0 Å². The van der Waals surface area contributed by atoms with Crippen molar-refractivity contribution in [3.05, 3.63) is 35.4 Å². The van der Waals surface area contributed by atoms with Gasteiger partial charge in [0.2, 0.25) is 6.39 Å². The molecule has 7 nitrogen and oxygen atoms in total. The molecule has 2 rings (SSSR count). The summed E-state index contributed by atoms with van der Waals surface area (Å²) in [6.45, 7) is 7.22. The Morgan fingerprint density at radius 2 is 2.10 bits per heavy atom. The molecule has 114 valence electrons. The van der Waals surface area contributed by atoms with Gasteiger partial charge in [0.25, 0.3) is 5.91 Å². The summed E-state index contributed by atoms with van der Waals surface area (Å²) in [6.07, 6.45) is 1.30. The first-order valence-electron chi connectivity index (χ1n) is 6.64. The van der Waals surface area contributed by atoms with Crippen molar-refractivity contribution in [3.63, 3.8) is 0 Å². The van der Waals surface area contributed by atoms with E-state index in [0.717, 1.165) is 11.3 Å². The van der Waals surface area contributed by atoms with E-state index in [4.69, 9.17) is 14.7 Å². The van der Waals surface area contributed by atoms with Gasteiger partial charge in [-0.15, -0.1) is 0 Å². The summed E-state index contributed by atoms with van der Waals surface area (Å²) in [6, 6.07) is 1.70. The Bertz CT molecular complexity index is 611. The Labute approximate surface area is 123 Å². The average molecular weight is 292 g/mol. The second-order valence-electron chi connectivity index (χ2n) is 6.10. The van der Waals surface area contributed by atoms with Crippen molar-refractivity contribution < 1.29 is 13.7 Å². The molecule has 0 radical (unpaired) electrons. The summed E-state index contributed by atoms with van der Waals surface area (Å²) in [5.74, 6) is 0.986. The van der Waals surface area contributed by atoms with Gasteiger partial charge in [0.05, 0.1) is 6.54 Å². The first kappa shape index (κ1) is 15.2. The number of hydrogen-bond acceptors (Lipinski definition) is 6. The van der Waals surface area contributed by atoms with Crippen molar-refractivity contribution >= 4 is 5.91 Å². The molecule has 0 aromatic carbocycles. The first-order valence-corrected chi connectivity index (χ1v) is 6.64. The topological polar surface area (TPSA) is 98.4 Å². The average Bonchev–Trinajstić information content (AvgIpc) is 2.97. The molecule has 2 N–H and O–H groups in total. The van der Waals surface area contributed by atoms with Crippen LogP contribution in [0.3, 0.4) is 0 Å². The zero-order valence-corrected chi connectivity index (χ0v) is 12.7. The van der Waals surface area contributed by atoms with Gasteiger partial charge in [-0.05, 0) is 13.1 Å². The van der Waals surface area contributed by atoms with E-state index in [2.05, 4.69) is 10.1 Å². The van der Waals surface area contributed by atoms with Crippen LogP contribution in [0, 0.1) is 0 Å². The molecule has 0 aliphatic carbocycles. The maximum Gasteiger partial charge on any atom is 0.284 e. The molecule has 2 aromatic rings. The minimum Gasteiger partial charge on any atom is -0.455 e. The van der Waals surface area contributed by atoms with E-state index in [0.29, 0.717) is 18.9 Å². The number of aromatic nitrogens is 2. The van der Waals surface area contributed by atoms with Crippen LogP contribution in [0.5, 0.6) is 0 Å². The van der Waals surface area contributed by atoms with E-state index in [1.54, 1.807) is 6.07 Å². The Kier molecular flexibility index (Phi) is 4.13. The number of amides is 1. The predicted molar refractivity (Wildman–Crippen MR) is 75.4 cm³/mol. The van der Waals surface area contributed by atoms with Crippen molar-refractivity contribution in [2.45, 2.75) is 39.3 Å². The molecule has 0 atom stereocenters. The lowest BCUT2D eigenvalue weighted by Crippen LogP contribution is -2.21. The van der Waals surface area contributed by atoms with Crippen LogP contribution in [0.25, 0.3) is 0 Å². The predicted octanol–water partition coefficient (Wildman–Crippen LogP) is 1.69. The Balaban J connectivity index is 2.19. The molecule has 0 spiro atoms. The van der Waals surface area contributed by atoms with E-state index >= 15 is 0 Å². The number of carbonyl (C=O) groups is 1. The fourth-order valence-corrected chi connectivity index (χ4v) is 2.15. The summed E-state index contributed by atoms with van der Waals surface area (Å²) >= 11 is 0. The molecular formula is C14H20N4O3. The highest BCUT2D eigenvalue weighted by Gasteiger charge is 2.25. The number of rotatable bonds is 5. The first-order chi connectivity index (χ1) is 9.77. The molecule has 0 saturated carbocycles. The summed E-state index contributed by atoms with van der Waals surface area (Å²) in [5.41, 5.74) is 6.02. The molecule has 2 aromatic heterocycles. The summed E-state index contributed by atoms with van der Waals surface area (Å²) in [5, 5.41) is 3.78. The Hall–Kier alpha value is -2.15. The third-order valence-corrected chi connectivity index (χ3v) is 2.99. The van der Waals surface area contributed by atoms with Crippen molar-refractivity contribution in [1.82, 2.24) is 15.0 Å². The highest BCUT2D eigenvalue weighted by atomic mass is 16.5. The van der Waals surface area contributed by atoms with E-state index in [-0.39, 0.29) is 11.2 Å². The van der Waals surface area contributed by atoms with Gasteiger partial charge < -0.3 is 14.7 Å². The zero-order valence-electron chi connectivity index (χ0n) is 12.7. The van der Waals surface area contributed by atoms with Crippen molar-refractivity contribution in [3.8, 4) is 0 Å². The normalized spacial score (nSPS) is 12.0. The molecular weight excluding hydrogens is 272 g/mol. The third-order valence-electron chi connectivity index (χ3n) is 2.99. The molecule has 0 aliphatic rings. The minimum atomic E-state index is -0.562. The molecule has 0 fully saturated rings. The van der Waals surface area contributed by atoms with Gasteiger partial charge in [0.15, 0.2) is 11.6 Å². The van der Waals surface area contributed by atoms with Crippen LogP contribution in [0.4, 0.5) is 0 Å². The van der Waals surface area contributed by atoms with Crippen LogP contribution < -0.4 is 5.73 Å². The molecule has 0 unspecified atom stereocenters. The second-order valence-corrected chi connectivity index (χ2v) is 6.10. The standard InChI is InChI=1S/C14H20N4O3/c1-14(2,3)12-9(5-10(21-12)13(15)19)6-18(4)7-11-16-8-20-17-11/h5,8H,6-7H2,1-4H3,(H2,15,19). The van der Waals surface area contributed by atoms with Crippen molar-refractivity contribution in [2.24, 2.45) is 5.73 Å². The molecule has 1 amide bonds.